The van der Waals surface area contributed by atoms with E-state index in [4.69, 9.17) is 0 Å². The van der Waals surface area contributed by atoms with Gasteiger partial charge in [-0.15, -0.1) is 0 Å². The molecule has 0 fully saturated rings. The highest BCUT2D eigenvalue weighted by Gasteiger charge is 2.31. The number of nitrogens with zero attached hydrogens (tertiary/aromatic N) is 2. The van der Waals surface area contributed by atoms with Gasteiger partial charge in [-0.2, -0.15) is 13.2 Å². The molecule has 2 aliphatic carbocycles. The van der Waals surface area contributed by atoms with Gasteiger partial charge < -0.3 is 0 Å². The number of benzene rings is 2. The number of aryl methyl sites for hydroxylation is 1. The monoisotopic (exact) mass is 430 g/mol. The summed E-state index contributed by atoms with van der Waals surface area (Å²) in [4.78, 5) is 8.11. The van der Waals surface area contributed by atoms with Gasteiger partial charge in [0.05, 0.1) is 11.1 Å². The summed E-state index contributed by atoms with van der Waals surface area (Å²) in [6, 6.07) is 13.9. The van der Waals surface area contributed by atoms with E-state index in [-0.39, 0.29) is 0 Å². The average Bonchev–Trinajstić information content (AvgIpc) is 2.83. The smallest absolute Gasteiger partial charge is 0.264 e. The van der Waals surface area contributed by atoms with Crippen LogP contribution in [0.3, 0.4) is 0 Å². The van der Waals surface area contributed by atoms with Crippen molar-refractivity contribution < 1.29 is 13.2 Å². The zero-order valence-electron chi connectivity index (χ0n) is 17.4. The molecule has 0 saturated heterocycles. The Labute approximate surface area is 184 Å². The molecule has 0 atom stereocenters. The minimum absolute atomic E-state index is 0.563. The summed E-state index contributed by atoms with van der Waals surface area (Å²) < 4.78 is 39.0. The zero-order chi connectivity index (χ0) is 22.1. The van der Waals surface area contributed by atoms with Crippen LogP contribution in [0, 0.1) is 0 Å². The Morgan fingerprint density at radius 3 is 2.56 bits per heavy atom. The van der Waals surface area contributed by atoms with Crippen molar-refractivity contribution in [1.82, 2.24) is 9.97 Å². The molecule has 0 aliphatic heterocycles. The maximum absolute atomic E-state index is 13.0. The summed E-state index contributed by atoms with van der Waals surface area (Å²) in [5.41, 5.74) is 5.29. The van der Waals surface area contributed by atoms with Gasteiger partial charge in [-0.25, -0.2) is 0 Å². The molecule has 32 heavy (non-hydrogen) atoms. The molecule has 2 nitrogen and oxygen atoms in total. The van der Waals surface area contributed by atoms with E-state index in [1.165, 1.54) is 23.3 Å². The number of alkyl halides is 3. The summed E-state index contributed by atoms with van der Waals surface area (Å²) in [6.45, 7) is 0. The molecule has 5 heteroatoms. The minimum Gasteiger partial charge on any atom is -0.264 e. The summed E-state index contributed by atoms with van der Waals surface area (Å²) in [5.74, 6) is 0. The number of fused-ring (bicyclic) bond motifs is 5. The van der Waals surface area contributed by atoms with Crippen molar-refractivity contribution in [3.63, 3.8) is 0 Å². The quantitative estimate of drug-likeness (QED) is 0.288. The number of hydrogen-bond acceptors (Lipinski definition) is 2. The number of halogens is 3. The summed E-state index contributed by atoms with van der Waals surface area (Å²) in [7, 11) is 0. The fraction of sp³-hybridized carbons (Fsp3) is 0.185. The Balaban J connectivity index is 0.000000180. The van der Waals surface area contributed by atoms with Crippen LogP contribution in [-0.2, 0) is 12.6 Å². The van der Waals surface area contributed by atoms with Gasteiger partial charge in [0.15, 0.2) is 0 Å². The van der Waals surface area contributed by atoms with Crippen molar-refractivity contribution in [2.45, 2.75) is 31.9 Å². The lowest BCUT2D eigenvalue weighted by molar-refractivity contribution is -0.137. The fourth-order valence-electron chi connectivity index (χ4n) is 4.52. The predicted molar refractivity (Wildman–Crippen MR) is 122 cm³/mol. The molecule has 0 saturated carbocycles. The third-order valence-electron chi connectivity index (χ3n) is 6.11. The zero-order valence-corrected chi connectivity index (χ0v) is 17.4. The second-order valence-corrected chi connectivity index (χ2v) is 8.06. The van der Waals surface area contributed by atoms with E-state index in [2.05, 4.69) is 28.2 Å². The first-order valence-electron chi connectivity index (χ1n) is 10.7. The van der Waals surface area contributed by atoms with Crippen LogP contribution >= 0.6 is 0 Å². The number of pyridine rings is 2. The van der Waals surface area contributed by atoms with Gasteiger partial charge >= 0.3 is 6.18 Å². The van der Waals surface area contributed by atoms with Crippen LogP contribution in [0.2, 0.25) is 0 Å². The van der Waals surface area contributed by atoms with E-state index in [1.807, 2.05) is 30.5 Å². The fourth-order valence-corrected chi connectivity index (χ4v) is 4.52. The van der Waals surface area contributed by atoms with E-state index >= 15 is 0 Å². The van der Waals surface area contributed by atoms with E-state index in [0.717, 1.165) is 58.5 Å². The highest BCUT2D eigenvalue weighted by molar-refractivity contribution is 5.94. The van der Waals surface area contributed by atoms with Gasteiger partial charge in [0, 0.05) is 24.0 Å². The largest absolute Gasteiger partial charge is 0.416 e. The van der Waals surface area contributed by atoms with Gasteiger partial charge in [-0.1, -0.05) is 35.9 Å². The molecule has 0 bridgehead atoms. The van der Waals surface area contributed by atoms with Gasteiger partial charge in [0.25, 0.3) is 0 Å². The van der Waals surface area contributed by atoms with Crippen LogP contribution in [-0.4, -0.2) is 9.97 Å². The Bertz CT molecular complexity index is 1300. The van der Waals surface area contributed by atoms with E-state index < -0.39 is 11.7 Å². The molecular weight excluding hydrogens is 409 g/mol. The first kappa shape index (κ1) is 20.4. The SMILES string of the molecule is FC(F)(F)c1ccc2ccc3c(c2c1)CCC1=C3C=CCC1.c1cnc2ccncc2c1. The number of aromatic nitrogens is 2. The standard InChI is InChI=1S/C19H15F3.C8H6N2/c20-19(21,22)14-8-5-13-7-9-16-15-4-2-1-3-12(15)6-10-17(16)18(13)11-14;1-2-7-6-9-5-3-8(7)10-4-1/h2,4-5,7-9,11H,1,3,6,10H2;1-6H. The van der Waals surface area contributed by atoms with Crippen LogP contribution in [0.5, 0.6) is 0 Å². The third-order valence-corrected chi connectivity index (χ3v) is 6.11. The third kappa shape index (κ3) is 3.91. The number of allylic oxidation sites excluding steroid dienone is 4. The van der Waals surface area contributed by atoms with Gasteiger partial charge in [0.1, 0.15) is 0 Å². The van der Waals surface area contributed by atoms with Crippen molar-refractivity contribution in [2.24, 2.45) is 0 Å². The van der Waals surface area contributed by atoms with E-state index in [0.29, 0.717) is 0 Å². The molecule has 2 heterocycles. The van der Waals surface area contributed by atoms with Crippen molar-refractivity contribution in [3.8, 4) is 0 Å². The summed E-state index contributed by atoms with van der Waals surface area (Å²) in [6.07, 6.45) is 9.27. The lowest BCUT2D eigenvalue weighted by Crippen LogP contribution is -2.08. The Morgan fingerprint density at radius 1 is 0.844 bits per heavy atom. The van der Waals surface area contributed by atoms with Crippen LogP contribution < -0.4 is 0 Å². The highest BCUT2D eigenvalue weighted by atomic mass is 19.4. The maximum Gasteiger partial charge on any atom is 0.416 e. The maximum atomic E-state index is 13.0. The molecule has 0 amide bonds. The average molecular weight is 430 g/mol. The molecule has 0 radical (unpaired) electrons. The van der Waals surface area contributed by atoms with Gasteiger partial charge in [-0.3, -0.25) is 9.97 Å². The summed E-state index contributed by atoms with van der Waals surface area (Å²) in [5, 5.41) is 2.72. The molecule has 2 aromatic heterocycles. The van der Waals surface area contributed by atoms with Crippen molar-refractivity contribution >= 4 is 27.2 Å². The molecule has 2 aromatic carbocycles. The lowest BCUT2D eigenvalue weighted by atomic mass is 9.79. The van der Waals surface area contributed by atoms with Crippen molar-refractivity contribution in [2.75, 3.05) is 0 Å². The molecule has 2 aliphatic rings. The van der Waals surface area contributed by atoms with Crippen molar-refractivity contribution in [1.29, 1.82) is 0 Å². The van der Waals surface area contributed by atoms with Gasteiger partial charge in [0.2, 0.25) is 0 Å². The van der Waals surface area contributed by atoms with Crippen LogP contribution in [0.15, 0.2) is 84.8 Å². The van der Waals surface area contributed by atoms with Crippen LogP contribution in [0.4, 0.5) is 13.2 Å². The Kier molecular flexibility index (Phi) is 5.25. The highest BCUT2D eigenvalue weighted by Crippen LogP contribution is 2.41. The first-order valence-corrected chi connectivity index (χ1v) is 10.7. The second kappa shape index (κ2) is 8.23. The predicted octanol–water partition coefficient (Wildman–Crippen LogP) is 7.54. The molecule has 0 N–H and O–H groups in total. The topological polar surface area (TPSA) is 25.8 Å². The van der Waals surface area contributed by atoms with Gasteiger partial charge in [-0.05, 0) is 83.5 Å². The Morgan fingerprint density at radius 2 is 1.72 bits per heavy atom. The molecular formula is C27H21F3N2. The normalized spacial score (nSPS) is 15.2. The minimum atomic E-state index is -4.29. The number of rotatable bonds is 0. The molecule has 4 aromatic rings. The second-order valence-electron chi connectivity index (χ2n) is 8.06. The Hall–Kier alpha value is -3.47. The van der Waals surface area contributed by atoms with Crippen molar-refractivity contribution in [3.05, 3.63) is 102 Å². The molecule has 0 spiro atoms. The van der Waals surface area contributed by atoms with Crippen LogP contribution in [0.25, 0.3) is 27.2 Å². The van der Waals surface area contributed by atoms with E-state index in [1.54, 1.807) is 18.5 Å². The van der Waals surface area contributed by atoms with E-state index in [9.17, 15) is 13.2 Å². The molecule has 0 unspecified atom stereocenters. The number of hydrogen-bond donors (Lipinski definition) is 0. The summed E-state index contributed by atoms with van der Waals surface area (Å²) >= 11 is 0. The molecule has 6 rings (SSSR count). The lowest BCUT2D eigenvalue weighted by Gasteiger charge is -2.25. The first-order chi connectivity index (χ1) is 15.5. The molecule has 160 valence electrons. The van der Waals surface area contributed by atoms with Crippen LogP contribution in [0.1, 0.15) is 36.0 Å².